The van der Waals surface area contributed by atoms with Crippen LogP contribution in [-0.4, -0.2) is 24.3 Å². The minimum absolute atomic E-state index is 0.0317. The average molecular weight is 473 g/mol. The Morgan fingerprint density at radius 3 is 2.65 bits per heavy atom. The van der Waals surface area contributed by atoms with Gasteiger partial charge in [0.15, 0.2) is 0 Å². The fourth-order valence-corrected chi connectivity index (χ4v) is 4.48. The van der Waals surface area contributed by atoms with Crippen molar-refractivity contribution < 1.29 is 28.2 Å². The predicted molar refractivity (Wildman–Crippen MR) is 129 cm³/mol. The summed E-state index contributed by atoms with van der Waals surface area (Å²) >= 11 is 0. The van der Waals surface area contributed by atoms with Crippen molar-refractivity contribution >= 4 is 5.97 Å². The molecule has 0 saturated carbocycles. The van der Waals surface area contributed by atoms with Gasteiger partial charge in [-0.1, -0.05) is 38.1 Å². The number of carbonyl (C=O) groups is 1. The molecule has 0 heterocycles. The first kappa shape index (κ1) is 25.9. The molecule has 2 aliphatic carbocycles. The highest BCUT2D eigenvalue weighted by Crippen LogP contribution is 2.41. The second-order valence-corrected chi connectivity index (χ2v) is 9.01. The van der Waals surface area contributed by atoms with Crippen LogP contribution in [-0.2, 0) is 16.1 Å². The first-order valence-corrected chi connectivity index (χ1v) is 12.0. The highest BCUT2D eigenvalue weighted by molar-refractivity contribution is 5.86. The summed E-state index contributed by atoms with van der Waals surface area (Å²) in [7, 11) is 0. The predicted octanol–water partition coefficient (Wildman–Crippen LogP) is 6.62. The zero-order chi connectivity index (χ0) is 24.7. The van der Waals surface area contributed by atoms with Crippen LogP contribution in [0, 0.1) is 11.8 Å². The van der Waals surface area contributed by atoms with Gasteiger partial charge in [0, 0.05) is 23.0 Å². The van der Waals surface area contributed by atoms with Crippen LogP contribution in [0.1, 0.15) is 63.0 Å². The molecule has 6 heteroatoms. The first-order valence-electron chi connectivity index (χ1n) is 12.0. The molecule has 1 aromatic rings. The third-order valence-corrected chi connectivity index (χ3v) is 6.54. The number of rotatable bonds is 9. The van der Waals surface area contributed by atoms with Crippen LogP contribution in [0.2, 0.25) is 0 Å². The summed E-state index contributed by atoms with van der Waals surface area (Å²) in [6.07, 6.45) is 9.07. The van der Waals surface area contributed by atoms with Crippen molar-refractivity contribution in [2.45, 2.75) is 58.5 Å². The molecule has 0 fully saturated rings. The van der Waals surface area contributed by atoms with Crippen molar-refractivity contribution in [1.29, 1.82) is 0 Å². The summed E-state index contributed by atoms with van der Waals surface area (Å²) in [6, 6.07) is 5.19. The van der Waals surface area contributed by atoms with Gasteiger partial charge in [0.2, 0.25) is 0 Å². The van der Waals surface area contributed by atoms with Crippen molar-refractivity contribution in [3.8, 4) is 5.75 Å². The summed E-state index contributed by atoms with van der Waals surface area (Å²) in [5.74, 6) is -1.15. The van der Waals surface area contributed by atoms with Gasteiger partial charge in [0.1, 0.15) is 30.6 Å². The number of carbonyl (C=O) groups excluding carboxylic acids is 1. The molecule has 4 nitrogen and oxygen atoms in total. The van der Waals surface area contributed by atoms with E-state index in [1.54, 1.807) is 31.2 Å². The number of esters is 1. The number of aliphatic hydroxyl groups is 1. The summed E-state index contributed by atoms with van der Waals surface area (Å²) in [4.78, 5) is 11.5. The molecule has 3 rings (SSSR count). The lowest BCUT2D eigenvalue weighted by atomic mass is 9.83. The standard InChI is InChI=1S/C28H34F2O4/c1-4-19-6-5-7-23(25(29)14-19)20-10-11-24(26(30)15-20)21-8-9-22(17-31)27(16-21)33-12-13-34-28(32)18(2)3/h8-10,14-16,19,23-24,31H,2,4-7,11-13,17H2,1,3H3. The zero-order valence-electron chi connectivity index (χ0n) is 20.0. The van der Waals surface area contributed by atoms with Crippen molar-refractivity contribution in [3.63, 3.8) is 0 Å². The molecule has 3 unspecified atom stereocenters. The second-order valence-electron chi connectivity index (χ2n) is 9.01. The first-order chi connectivity index (χ1) is 16.3. The number of ether oxygens (including phenoxy) is 2. The molecule has 184 valence electrons. The maximum absolute atomic E-state index is 15.2. The molecule has 2 aliphatic rings. The van der Waals surface area contributed by atoms with Gasteiger partial charge < -0.3 is 14.6 Å². The molecule has 0 radical (unpaired) electrons. The van der Waals surface area contributed by atoms with Gasteiger partial charge >= 0.3 is 5.97 Å². The normalized spacial score (nSPS) is 22.7. The third kappa shape index (κ3) is 6.44. The lowest BCUT2D eigenvalue weighted by Gasteiger charge is -2.24. The van der Waals surface area contributed by atoms with Crippen LogP contribution < -0.4 is 4.74 Å². The van der Waals surface area contributed by atoms with Crippen molar-refractivity contribution in [2.24, 2.45) is 11.8 Å². The van der Waals surface area contributed by atoms with E-state index < -0.39 is 11.9 Å². The summed E-state index contributed by atoms with van der Waals surface area (Å²) in [5.41, 5.74) is 2.28. The van der Waals surface area contributed by atoms with Gasteiger partial charge in [-0.3, -0.25) is 0 Å². The zero-order valence-corrected chi connectivity index (χ0v) is 20.0. The van der Waals surface area contributed by atoms with E-state index in [1.807, 2.05) is 6.08 Å². The highest BCUT2D eigenvalue weighted by Gasteiger charge is 2.28. The maximum Gasteiger partial charge on any atom is 0.333 e. The molecular formula is C28H34F2O4. The molecule has 1 aromatic carbocycles. The molecule has 1 N–H and O–H groups in total. The van der Waals surface area contributed by atoms with E-state index in [0.717, 1.165) is 19.3 Å². The number of allylic oxidation sites excluding steroid dienone is 6. The number of hydrogen-bond acceptors (Lipinski definition) is 4. The SMILES string of the molecule is C=C(C)C(=O)OCCOc1cc(C2CC=C(C3CCCC(CC)C=C3F)C=C2F)ccc1CO. The van der Waals surface area contributed by atoms with Gasteiger partial charge in [-0.25, -0.2) is 13.6 Å². The van der Waals surface area contributed by atoms with E-state index in [9.17, 15) is 14.3 Å². The summed E-state index contributed by atoms with van der Waals surface area (Å²) in [6.45, 7) is 7.03. The Balaban J connectivity index is 1.70. The maximum atomic E-state index is 15.2. The van der Waals surface area contributed by atoms with E-state index in [4.69, 9.17) is 9.47 Å². The smallest absolute Gasteiger partial charge is 0.333 e. The molecule has 0 saturated heterocycles. The molecule has 34 heavy (non-hydrogen) atoms. The topological polar surface area (TPSA) is 55.8 Å². The molecule has 0 amide bonds. The van der Waals surface area contributed by atoms with Gasteiger partial charge in [-0.05, 0) is 67.9 Å². The van der Waals surface area contributed by atoms with E-state index >= 15 is 4.39 Å². The average Bonchev–Trinajstić information content (AvgIpc) is 3.02. The molecular weight excluding hydrogens is 438 g/mol. The summed E-state index contributed by atoms with van der Waals surface area (Å²) < 4.78 is 40.8. The van der Waals surface area contributed by atoms with Crippen molar-refractivity contribution in [3.05, 3.63) is 76.9 Å². The van der Waals surface area contributed by atoms with Gasteiger partial charge in [0.05, 0.1) is 6.61 Å². The van der Waals surface area contributed by atoms with E-state index in [2.05, 4.69) is 13.5 Å². The van der Waals surface area contributed by atoms with Crippen LogP contribution in [0.15, 0.2) is 65.8 Å². The van der Waals surface area contributed by atoms with Gasteiger partial charge in [-0.15, -0.1) is 0 Å². The Labute approximate surface area is 200 Å². The number of aliphatic hydroxyl groups excluding tert-OH is 1. The largest absolute Gasteiger partial charge is 0.490 e. The second kappa shape index (κ2) is 12.1. The molecule has 0 bridgehead atoms. The molecule has 0 aromatic heterocycles. The monoisotopic (exact) mass is 472 g/mol. The van der Waals surface area contributed by atoms with Gasteiger partial charge in [0.25, 0.3) is 0 Å². The number of hydrogen-bond donors (Lipinski definition) is 1. The minimum Gasteiger partial charge on any atom is -0.490 e. The van der Waals surface area contributed by atoms with Crippen LogP contribution in [0.5, 0.6) is 5.75 Å². The minimum atomic E-state index is -0.499. The summed E-state index contributed by atoms with van der Waals surface area (Å²) in [5, 5.41) is 9.64. The van der Waals surface area contributed by atoms with E-state index in [-0.39, 0.29) is 43.3 Å². The quantitative estimate of drug-likeness (QED) is 0.249. The Bertz CT molecular complexity index is 992. The molecule has 0 aliphatic heterocycles. The van der Waals surface area contributed by atoms with E-state index in [0.29, 0.717) is 40.9 Å². The number of benzene rings is 1. The number of halogens is 2. The molecule has 3 atom stereocenters. The Morgan fingerprint density at radius 1 is 1.18 bits per heavy atom. The van der Waals surface area contributed by atoms with Crippen molar-refractivity contribution in [2.75, 3.05) is 13.2 Å². The third-order valence-electron chi connectivity index (χ3n) is 6.54. The highest BCUT2D eigenvalue weighted by atomic mass is 19.1. The lowest BCUT2D eigenvalue weighted by Crippen LogP contribution is -2.13. The van der Waals surface area contributed by atoms with E-state index in [1.165, 1.54) is 6.08 Å². The van der Waals surface area contributed by atoms with Crippen molar-refractivity contribution in [1.82, 2.24) is 0 Å². The lowest BCUT2D eigenvalue weighted by molar-refractivity contribution is -0.139. The Morgan fingerprint density at radius 2 is 1.97 bits per heavy atom. The van der Waals surface area contributed by atoms with Crippen LogP contribution in [0.25, 0.3) is 0 Å². The fourth-order valence-electron chi connectivity index (χ4n) is 4.48. The van der Waals surface area contributed by atoms with Gasteiger partial charge in [-0.2, -0.15) is 0 Å². The Hall–Kier alpha value is -2.73. The van der Waals surface area contributed by atoms with Crippen LogP contribution in [0.4, 0.5) is 8.78 Å². The van der Waals surface area contributed by atoms with Crippen LogP contribution >= 0.6 is 0 Å². The Kier molecular flexibility index (Phi) is 9.22. The van der Waals surface area contributed by atoms with Crippen LogP contribution in [0.3, 0.4) is 0 Å². The fraction of sp³-hybridized carbons (Fsp3) is 0.464. The molecule has 0 spiro atoms.